The molecule has 0 spiro atoms. The number of hydrogen-bond acceptors (Lipinski definition) is 2. The highest BCUT2D eigenvalue weighted by molar-refractivity contribution is 7.98. The van der Waals surface area contributed by atoms with Crippen LogP contribution in [-0.4, -0.2) is 40.4 Å². The van der Waals surface area contributed by atoms with Gasteiger partial charge >= 0.3 is 0 Å². The highest BCUT2D eigenvalue weighted by Crippen LogP contribution is 2.45. The molecule has 1 fully saturated rings. The Kier molecular flexibility index (Phi) is 3.88. The molecule has 2 aromatic rings. The molecule has 0 radical (unpaired) electrons. The Hall–Kier alpha value is -1.42. The van der Waals surface area contributed by atoms with Crippen molar-refractivity contribution in [3.8, 4) is 0 Å². The van der Waals surface area contributed by atoms with Gasteiger partial charge < -0.3 is 9.88 Å². The van der Waals surface area contributed by atoms with Gasteiger partial charge in [0.15, 0.2) is 0 Å². The minimum atomic E-state index is 0.317. The Balaban J connectivity index is 1.78. The normalized spacial score (nSPS) is 26.3. The standard InChI is InChI=1S/C19H24N2OS/c1-3-18(22)21-10-12(11-23-2)7-15-14-5-4-6-16-19(14)13(9-20-16)8-17(15)21/h4-6,9,12,15,17,20H,3,7-8,10-11H2,1-2H3. The molecule has 1 aliphatic heterocycles. The fraction of sp³-hybridized carbons (Fsp3) is 0.526. The third-order valence-corrected chi connectivity index (χ3v) is 6.39. The first-order valence-corrected chi connectivity index (χ1v) is 9.99. The average Bonchev–Trinajstić information content (AvgIpc) is 2.99. The predicted octanol–water partition coefficient (Wildman–Crippen LogP) is 3.80. The van der Waals surface area contributed by atoms with E-state index in [4.69, 9.17) is 0 Å². The van der Waals surface area contributed by atoms with Crippen LogP contribution in [0.3, 0.4) is 0 Å². The summed E-state index contributed by atoms with van der Waals surface area (Å²) in [6, 6.07) is 6.95. The van der Waals surface area contributed by atoms with Gasteiger partial charge in [0.05, 0.1) is 0 Å². The Morgan fingerprint density at radius 3 is 3.09 bits per heavy atom. The number of fused-ring (bicyclic) bond motifs is 2. The monoisotopic (exact) mass is 328 g/mol. The van der Waals surface area contributed by atoms with Gasteiger partial charge in [0.2, 0.25) is 5.91 Å². The molecule has 4 rings (SSSR count). The molecular weight excluding hydrogens is 304 g/mol. The van der Waals surface area contributed by atoms with Gasteiger partial charge in [-0.05, 0) is 48.0 Å². The lowest BCUT2D eigenvalue weighted by Gasteiger charge is -2.47. The number of thioether (sulfide) groups is 1. The molecular formula is C19H24N2OS. The minimum Gasteiger partial charge on any atom is -0.361 e. The number of rotatable bonds is 3. The summed E-state index contributed by atoms with van der Waals surface area (Å²) >= 11 is 1.90. The van der Waals surface area contributed by atoms with E-state index in [0.717, 1.165) is 18.7 Å². The number of likely N-dealkylation sites (tertiary alicyclic amines) is 1. The quantitative estimate of drug-likeness (QED) is 0.930. The molecule has 1 aromatic carbocycles. The van der Waals surface area contributed by atoms with E-state index >= 15 is 0 Å². The first-order chi connectivity index (χ1) is 11.2. The van der Waals surface area contributed by atoms with Crippen LogP contribution in [0.25, 0.3) is 10.9 Å². The molecule has 0 bridgehead atoms. The molecule has 4 heteroatoms. The number of H-pyrrole nitrogens is 1. The Labute approximate surface area is 141 Å². The van der Waals surface area contributed by atoms with Gasteiger partial charge in [0.1, 0.15) is 0 Å². The molecule has 122 valence electrons. The number of nitrogens with one attached hydrogen (secondary N) is 1. The largest absolute Gasteiger partial charge is 0.361 e. The second kappa shape index (κ2) is 5.90. The van der Waals surface area contributed by atoms with E-state index in [2.05, 4.69) is 40.5 Å². The highest BCUT2D eigenvalue weighted by Gasteiger charge is 2.41. The van der Waals surface area contributed by atoms with Crippen molar-refractivity contribution in [1.82, 2.24) is 9.88 Å². The molecule has 23 heavy (non-hydrogen) atoms. The van der Waals surface area contributed by atoms with Gasteiger partial charge in [0.25, 0.3) is 0 Å². The van der Waals surface area contributed by atoms with Crippen LogP contribution in [0.15, 0.2) is 24.4 Å². The van der Waals surface area contributed by atoms with Gasteiger partial charge in [-0.25, -0.2) is 0 Å². The number of carbonyl (C=O) groups excluding carboxylic acids is 1. The van der Waals surface area contributed by atoms with Gasteiger partial charge in [-0.3, -0.25) is 4.79 Å². The number of hydrogen-bond donors (Lipinski definition) is 1. The van der Waals surface area contributed by atoms with Crippen LogP contribution in [0.2, 0.25) is 0 Å². The molecule has 3 unspecified atom stereocenters. The van der Waals surface area contributed by atoms with Crippen LogP contribution in [0.1, 0.15) is 36.8 Å². The number of nitrogens with zero attached hydrogens (tertiary/aromatic N) is 1. The summed E-state index contributed by atoms with van der Waals surface area (Å²) in [6.45, 7) is 2.92. The van der Waals surface area contributed by atoms with Crippen LogP contribution in [0.4, 0.5) is 0 Å². The Morgan fingerprint density at radius 2 is 2.30 bits per heavy atom. The fourth-order valence-corrected chi connectivity index (χ4v) is 5.35. The molecule has 1 aliphatic carbocycles. The van der Waals surface area contributed by atoms with E-state index in [1.54, 1.807) is 0 Å². The Bertz CT molecular complexity index is 738. The smallest absolute Gasteiger partial charge is 0.222 e. The van der Waals surface area contributed by atoms with Crippen LogP contribution < -0.4 is 0 Å². The first-order valence-electron chi connectivity index (χ1n) is 8.60. The number of amides is 1. The number of aromatic amines is 1. The van der Waals surface area contributed by atoms with E-state index < -0.39 is 0 Å². The third-order valence-electron chi connectivity index (χ3n) is 5.58. The van der Waals surface area contributed by atoms with Gasteiger partial charge in [-0.2, -0.15) is 11.8 Å². The number of carbonyl (C=O) groups is 1. The van der Waals surface area contributed by atoms with Gasteiger partial charge in [-0.15, -0.1) is 0 Å². The first kappa shape index (κ1) is 15.1. The van der Waals surface area contributed by atoms with E-state index in [9.17, 15) is 4.79 Å². The number of aromatic nitrogens is 1. The van der Waals surface area contributed by atoms with Crippen molar-refractivity contribution < 1.29 is 4.79 Å². The number of benzene rings is 1. The fourth-order valence-electron chi connectivity index (χ4n) is 4.64. The molecule has 2 aliphatic rings. The highest BCUT2D eigenvalue weighted by atomic mass is 32.2. The zero-order valence-electron chi connectivity index (χ0n) is 13.8. The van der Waals surface area contributed by atoms with Crippen LogP contribution in [-0.2, 0) is 11.2 Å². The maximum atomic E-state index is 12.6. The predicted molar refractivity (Wildman–Crippen MR) is 97.0 cm³/mol. The summed E-state index contributed by atoms with van der Waals surface area (Å²) in [5.74, 6) is 2.56. The summed E-state index contributed by atoms with van der Waals surface area (Å²) in [4.78, 5) is 18.2. The molecule has 1 amide bonds. The van der Waals surface area contributed by atoms with Crippen molar-refractivity contribution in [2.75, 3.05) is 18.6 Å². The molecule has 0 saturated carbocycles. The molecule has 3 nitrogen and oxygen atoms in total. The summed E-state index contributed by atoms with van der Waals surface area (Å²) in [7, 11) is 0. The van der Waals surface area contributed by atoms with E-state index in [1.807, 2.05) is 18.7 Å². The van der Waals surface area contributed by atoms with Crippen LogP contribution >= 0.6 is 11.8 Å². The third kappa shape index (κ3) is 2.38. The SMILES string of the molecule is CCC(=O)N1CC(CSC)CC2c3cccc4[nH]cc(c34)CC21. The summed E-state index contributed by atoms with van der Waals surface area (Å²) in [5, 5.41) is 1.42. The summed E-state index contributed by atoms with van der Waals surface area (Å²) in [5.41, 5.74) is 4.08. The summed E-state index contributed by atoms with van der Waals surface area (Å²) in [6.07, 6.45) is 7.14. The van der Waals surface area contributed by atoms with Crippen LogP contribution in [0.5, 0.6) is 0 Å². The number of piperidine rings is 1. The van der Waals surface area contributed by atoms with E-state index in [1.165, 1.54) is 28.5 Å². The van der Waals surface area contributed by atoms with Gasteiger partial charge in [0, 0.05) is 42.0 Å². The van der Waals surface area contributed by atoms with E-state index in [0.29, 0.717) is 30.2 Å². The molecule has 2 heterocycles. The molecule has 1 aromatic heterocycles. The summed E-state index contributed by atoms with van der Waals surface area (Å²) < 4.78 is 0. The lowest BCUT2D eigenvalue weighted by molar-refractivity contribution is -0.136. The van der Waals surface area contributed by atoms with Crippen molar-refractivity contribution in [2.45, 2.75) is 38.1 Å². The Morgan fingerprint density at radius 1 is 1.43 bits per heavy atom. The van der Waals surface area contributed by atoms with Crippen molar-refractivity contribution in [3.63, 3.8) is 0 Å². The van der Waals surface area contributed by atoms with Crippen molar-refractivity contribution >= 4 is 28.6 Å². The lowest BCUT2D eigenvalue weighted by atomic mass is 9.72. The topological polar surface area (TPSA) is 36.1 Å². The maximum Gasteiger partial charge on any atom is 0.222 e. The molecule has 1 N–H and O–H groups in total. The minimum absolute atomic E-state index is 0.317. The van der Waals surface area contributed by atoms with Crippen LogP contribution in [0, 0.1) is 5.92 Å². The maximum absolute atomic E-state index is 12.6. The van der Waals surface area contributed by atoms with Gasteiger partial charge in [-0.1, -0.05) is 19.1 Å². The second-order valence-electron chi connectivity index (χ2n) is 6.92. The average molecular weight is 328 g/mol. The lowest BCUT2D eigenvalue weighted by Crippen LogP contribution is -2.52. The zero-order chi connectivity index (χ0) is 16.0. The van der Waals surface area contributed by atoms with Crippen molar-refractivity contribution in [2.24, 2.45) is 5.92 Å². The zero-order valence-corrected chi connectivity index (χ0v) is 14.7. The molecule has 3 atom stereocenters. The van der Waals surface area contributed by atoms with Crippen molar-refractivity contribution in [3.05, 3.63) is 35.5 Å². The molecule has 1 saturated heterocycles. The second-order valence-corrected chi connectivity index (χ2v) is 7.83. The van der Waals surface area contributed by atoms with E-state index in [-0.39, 0.29) is 0 Å². The van der Waals surface area contributed by atoms with Crippen molar-refractivity contribution in [1.29, 1.82) is 0 Å².